The predicted molar refractivity (Wildman–Crippen MR) is 87.2 cm³/mol. The van der Waals surface area contributed by atoms with Crippen molar-refractivity contribution in [3.8, 4) is 0 Å². The number of amides is 2. The molecule has 6 nitrogen and oxygen atoms in total. The molecule has 0 saturated carbocycles. The monoisotopic (exact) mass is 336 g/mol. The summed E-state index contributed by atoms with van der Waals surface area (Å²) in [6, 6.07) is 7.59. The van der Waals surface area contributed by atoms with Gasteiger partial charge in [-0.1, -0.05) is 12.1 Å². The van der Waals surface area contributed by atoms with Crippen molar-refractivity contribution in [2.24, 2.45) is 0 Å². The fourth-order valence-corrected chi connectivity index (χ4v) is 3.67. The highest BCUT2D eigenvalue weighted by molar-refractivity contribution is 8.01. The lowest BCUT2D eigenvalue weighted by molar-refractivity contribution is -0.139. The Bertz CT molecular complexity index is 620. The topological polar surface area (TPSA) is 76.7 Å². The Kier molecular flexibility index (Phi) is 4.61. The van der Waals surface area contributed by atoms with Crippen LogP contribution in [0.15, 0.2) is 29.2 Å². The highest BCUT2D eigenvalue weighted by atomic mass is 32.2. The number of carbonyl (C=O) groups excluding carboxylic acids is 2. The van der Waals surface area contributed by atoms with Gasteiger partial charge >= 0.3 is 0 Å². The van der Waals surface area contributed by atoms with Crippen LogP contribution >= 0.6 is 11.8 Å². The molecule has 0 bridgehead atoms. The summed E-state index contributed by atoms with van der Waals surface area (Å²) in [5.41, 5.74) is 0.804. The molecule has 2 aliphatic heterocycles. The first-order valence-electron chi connectivity index (χ1n) is 7.58. The minimum Gasteiger partial charge on any atom is -0.353 e. The standard InChI is InChI=1S/C16H20N2O4S/c1-16(2)21-9-10(22-16)8-17-14(19)7-13-15(20)18-11-5-3-4-6-12(11)23-13/h3-6,10,13H,7-9H2,1-2H3,(H,17,19)(H,18,20)/t10-,13-/m1/s1. The molecule has 2 aliphatic rings. The van der Waals surface area contributed by atoms with E-state index in [0.29, 0.717) is 13.2 Å². The largest absolute Gasteiger partial charge is 0.353 e. The predicted octanol–water partition coefficient (Wildman–Crippen LogP) is 1.76. The van der Waals surface area contributed by atoms with Crippen LogP contribution in [-0.4, -0.2) is 42.1 Å². The minimum absolute atomic E-state index is 0.134. The van der Waals surface area contributed by atoms with E-state index in [2.05, 4.69) is 10.6 Å². The van der Waals surface area contributed by atoms with Crippen LogP contribution < -0.4 is 10.6 Å². The Morgan fingerprint density at radius 1 is 1.43 bits per heavy atom. The molecule has 0 spiro atoms. The number of anilines is 1. The number of para-hydroxylation sites is 1. The zero-order valence-electron chi connectivity index (χ0n) is 13.1. The lowest BCUT2D eigenvalue weighted by Gasteiger charge is -2.23. The third-order valence-corrected chi connectivity index (χ3v) is 4.95. The van der Waals surface area contributed by atoms with Crippen molar-refractivity contribution in [2.45, 2.75) is 42.3 Å². The van der Waals surface area contributed by atoms with Crippen LogP contribution in [0.4, 0.5) is 5.69 Å². The normalized spacial score (nSPS) is 25.6. The molecule has 2 amide bonds. The summed E-state index contributed by atoms with van der Waals surface area (Å²) < 4.78 is 11.1. The number of ether oxygens (including phenoxy) is 2. The third-order valence-electron chi connectivity index (χ3n) is 3.67. The fourth-order valence-electron chi connectivity index (χ4n) is 2.56. The lowest BCUT2D eigenvalue weighted by Crippen LogP contribution is -2.38. The molecule has 0 aromatic heterocycles. The molecule has 1 fully saturated rings. The summed E-state index contributed by atoms with van der Waals surface area (Å²) in [5, 5.41) is 5.24. The van der Waals surface area contributed by atoms with Gasteiger partial charge in [-0.2, -0.15) is 0 Å². The molecule has 0 aliphatic carbocycles. The van der Waals surface area contributed by atoms with Gasteiger partial charge in [-0.3, -0.25) is 9.59 Å². The van der Waals surface area contributed by atoms with E-state index in [9.17, 15) is 9.59 Å². The SMILES string of the molecule is CC1(C)OC[C@@H](CNC(=O)C[C@H]2Sc3ccccc3NC2=O)O1. The second-order valence-electron chi connectivity index (χ2n) is 6.05. The molecule has 0 unspecified atom stereocenters. The quantitative estimate of drug-likeness (QED) is 0.876. The second kappa shape index (κ2) is 6.51. The zero-order chi connectivity index (χ0) is 16.4. The molecule has 23 heavy (non-hydrogen) atoms. The number of benzene rings is 1. The van der Waals surface area contributed by atoms with E-state index in [1.165, 1.54) is 11.8 Å². The first kappa shape index (κ1) is 16.3. The van der Waals surface area contributed by atoms with Gasteiger partial charge in [-0.05, 0) is 26.0 Å². The highest BCUT2D eigenvalue weighted by Gasteiger charge is 2.33. The summed E-state index contributed by atoms with van der Waals surface area (Å²) in [6.45, 7) is 4.53. The summed E-state index contributed by atoms with van der Waals surface area (Å²) in [4.78, 5) is 25.2. The Balaban J connectivity index is 1.50. The number of hydrogen-bond donors (Lipinski definition) is 2. The zero-order valence-corrected chi connectivity index (χ0v) is 13.9. The van der Waals surface area contributed by atoms with E-state index in [0.717, 1.165) is 10.6 Å². The molecule has 1 aromatic carbocycles. The van der Waals surface area contributed by atoms with Crippen LogP contribution in [0.1, 0.15) is 20.3 Å². The molecule has 7 heteroatoms. The van der Waals surface area contributed by atoms with Crippen LogP contribution in [0.5, 0.6) is 0 Å². The molecule has 1 aromatic rings. The maximum atomic E-state index is 12.1. The molecule has 2 N–H and O–H groups in total. The van der Waals surface area contributed by atoms with E-state index < -0.39 is 11.0 Å². The van der Waals surface area contributed by atoms with E-state index in [-0.39, 0.29) is 24.3 Å². The third kappa shape index (κ3) is 4.04. The van der Waals surface area contributed by atoms with Crippen LogP contribution in [0.3, 0.4) is 0 Å². The van der Waals surface area contributed by atoms with Crippen molar-refractivity contribution in [1.29, 1.82) is 0 Å². The van der Waals surface area contributed by atoms with Crippen molar-refractivity contribution in [3.05, 3.63) is 24.3 Å². The summed E-state index contributed by atoms with van der Waals surface area (Å²) >= 11 is 1.42. The number of rotatable bonds is 4. The van der Waals surface area contributed by atoms with E-state index in [4.69, 9.17) is 9.47 Å². The van der Waals surface area contributed by atoms with Crippen molar-refractivity contribution in [1.82, 2.24) is 5.32 Å². The second-order valence-corrected chi connectivity index (χ2v) is 7.30. The van der Waals surface area contributed by atoms with Crippen LogP contribution in [0, 0.1) is 0 Å². The number of fused-ring (bicyclic) bond motifs is 1. The smallest absolute Gasteiger partial charge is 0.238 e. The molecular formula is C16H20N2O4S. The molecule has 1 saturated heterocycles. The highest BCUT2D eigenvalue weighted by Crippen LogP contribution is 2.36. The maximum absolute atomic E-state index is 12.1. The number of carbonyl (C=O) groups is 2. The molecule has 124 valence electrons. The minimum atomic E-state index is -0.599. The van der Waals surface area contributed by atoms with Crippen LogP contribution in [-0.2, 0) is 19.1 Å². The summed E-state index contributed by atoms with van der Waals surface area (Å²) in [5.74, 6) is -0.895. The van der Waals surface area contributed by atoms with Crippen LogP contribution in [0.2, 0.25) is 0 Å². The fraction of sp³-hybridized carbons (Fsp3) is 0.500. The Morgan fingerprint density at radius 3 is 2.96 bits per heavy atom. The van der Waals surface area contributed by atoms with Gasteiger partial charge in [0.2, 0.25) is 11.8 Å². The van der Waals surface area contributed by atoms with Gasteiger partial charge < -0.3 is 20.1 Å². The molecule has 2 atom stereocenters. The first-order chi connectivity index (χ1) is 10.9. The first-order valence-corrected chi connectivity index (χ1v) is 8.46. The Morgan fingerprint density at radius 2 is 2.22 bits per heavy atom. The average Bonchev–Trinajstić information content (AvgIpc) is 2.85. The molecular weight excluding hydrogens is 316 g/mol. The summed E-state index contributed by atoms with van der Waals surface area (Å²) in [7, 11) is 0. The van der Waals surface area contributed by atoms with Gasteiger partial charge in [0, 0.05) is 17.9 Å². The molecule has 0 radical (unpaired) electrons. The Hall–Kier alpha value is -1.57. The molecule has 2 heterocycles. The number of nitrogens with one attached hydrogen (secondary N) is 2. The lowest BCUT2D eigenvalue weighted by atomic mass is 10.2. The number of hydrogen-bond acceptors (Lipinski definition) is 5. The van der Waals surface area contributed by atoms with Crippen molar-refractivity contribution < 1.29 is 19.1 Å². The van der Waals surface area contributed by atoms with Gasteiger partial charge in [0.05, 0.1) is 17.5 Å². The van der Waals surface area contributed by atoms with Crippen molar-refractivity contribution in [3.63, 3.8) is 0 Å². The van der Waals surface area contributed by atoms with E-state index >= 15 is 0 Å². The van der Waals surface area contributed by atoms with Crippen molar-refractivity contribution in [2.75, 3.05) is 18.5 Å². The average molecular weight is 336 g/mol. The van der Waals surface area contributed by atoms with Gasteiger partial charge in [0.15, 0.2) is 5.79 Å². The van der Waals surface area contributed by atoms with Gasteiger partial charge in [-0.15, -0.1) is 11.8 Å². The Labute approximate surface area is 139 Å². The van der Waals surface area contributed by atoms with Crippen molar-refractivity contribution >= 4 is 29.3 Å². The van der Waals surface area contributed by atoms with E-state index in [1.54, 1.807) is 0 Å². The molecule has 3 rings (SSSR count). The van der Waals surface area contributed by atoms with Crippen LogP contribution in [0.25, 0.3) is 0 Å². The van der Waals surface area contributed by atoms with Gasteiger partial charge in [0.25, 0.3) is 0 Å². The number of thioether (sulfide) groups is 1. The van der Waals surface area contributed by atoms with E-state index in [1.807, 2.05) is 38.1 Å². The summed E-state index contributed by atoms with van der Waals surface area (Å²) in [6.07, 6.45) is -0.00977. The maximum Gasteiger partial charge on any atom is 0.238 e. The van der Waals surface area contributed by atoms with Gasteiger partial charge in [0.1, 0.15) is 6.10 Å². The van der Waals surface area contributed by atoms with Gasteiger partial charge in [-0.25, -0.2) is 0 Å².